The van der Waals surface area contributed by atoms with E-state index in [4.69, 9.17) is 33.9 Å². The first-order chi connectivity index (χ1) is 17.3. The summed E-state index contributed by atoms with van der Waals surface area (Å²) in [5.74, 6) is 0.00753. The zero-order chi connectivity index (χ0) is 25.4. The number of aliphatic hydroxyl groups is 1. The van der Waals surface area contributed by atoms with Gasteiger partial charge in [-0.1, -0.05) is 35.7 Å². The van der Waals surface area contributed by atoms with E-state index in [2.05, 4.69) is 25.2 Å². The second-order valence-corrected chi connectivity index (χ2v) is 10.2. The van der Waals surface area contributed by atoms with Crippen LogP contribution in [0.25, 0.3) is 11.2 Å². The van der Waals surface area contributed by atoms with Crippen LogP contribution in [0.1, 0.15) is 48.3 Å². The van der Waals surface area contributed by atoms with E-state index in [0.29, 0.717) is 53.2 Å². The smallest absolute Gasteiger partial charge is 0.271 e. The molecule has 0 saturated carbocycles. The lowest BCUT2D eigenvalue weighted by Crippen LogP contribution is -2.57. The fourth-order valence-electron chi connectivity index (χ4n) is 5.06. The van der Waals surface area contributed by atoms with E-state index in [1.165, 1.54) is 0 Å². The number of hydrogen-bond donors (Lipinski definition) is 3. The second-order valence-electron chi connectivity index (χ2n) is 9.39. The number of piperidine rings is 1. The van der Waals surface area contributed by atoms with Gasteiger partial charge in [0.05, 0.1) is 12.2 Å². The van der Waals surface area contributed by atoms with Gasteiger partial charge in [0.2, 0.25) is 0 Å². The zero-order valence-corrected chi connectivity index (χ0v) is 21.6. The van der Waals surface area contributed by atoms with Crippen molar-refractivity contribution in [1.82, 2.24) is 30.0 Å². The van der Waals surface area contributed by atoms with Crippen LogP contribution in [-0.4, -0.2) is 80.7 Å². The summed E-state index contributed by atoms with van der Waals surface area (Å²) in [6.45, 7) is 5.68. The summed E-state index contributed by atoms with van der Waals surface area (Å²) in [5.41, 5.74) is 7.25. The molecule has 2 saturated heterocycles. The summed E-state index contributed by atoms with van der Waals surface area (Å²) in [4.78, 5) is 25.7. The normalized spacial score (nSPS) is 21.0. The van der Waals surface area contributed by atoms with Crippen LogP contribution in [0, 0.1) is 0 Å². The molecule has 2 aliphatic rings. The third kappa shape index (κ3) is 4.88. The van der Waals surface area contributed by atoms with Crippen LogP contribution in [-0.2, 0) is 0 Å². The summed E-state index contributed by atoms with van der Waals surface area (Å²) in [6, 6.07) is 5.03. The van der Waals surface area contributed by atoms with E-state index in [1.54, 1.807) is 23.0 Å². The minimum absolute atomic E-state index is 0.0638. The molecule has 2 fully saturated rings. The van der Waals surface area contributed by atoms with E-state index in [1.807, 2.05) is 13.0 Å². The number of carbonyl (C=O) groups is 1. The van der Waals surface area contributed by atoms with Gasteiger partial charge in [0, 0.05) is 42.3 Å². The predicted molar refractivity (Wildman–Crippen MR) is 140 cm³/mol. The van der Waals surface area contributed by atoms with Gasteiger partial charge in [-0.05, 0) is 44.0 Å². The van der Waals surface area contributed by atoms with Crippen LogP contribution in [0.15, 0.2) is 24.4 Å². The Morgan fingerprint density at radius 2 is 2.00 bits per heavy atom. The van der Waals surface area contributed by atoms with Crippen molar-refractivity contribution in [2.45, 2.75) is 44.5 Å². The third-order valence-corrected chi connectivity index (χ3v) is 7.69. The lowest BCUT2D eigenvalue weighted by molar-refractivity contribution is -0.0329. The van der Waals surface area contributed by atoms with Gasteiger partial charge < -0.3 is 21.1 Å². The van der Waals surface area contributed by atoms with Crippen molar-refractivity contribution in [2.75, 3.05) is 37.6 Å². The third-order valence-electron chi connectivity index (χ3n) is 7.12. The summed E-state index contributed by atoms with van der Waals surface area (Å²) in [7, 11) is 0. The van der Waals surface area contributed by atoms with E-state index in [0.717, 1.165) is 31.4 Å². The number of primary amides is 1. The molecule has 0 aliphatic carbocycles. The van der Waals surface area contributed by atoms with E-state index in [-0.39, 0.29) is 17.8 Å². The molecule has 5 rings (SSSR count). The van der Waals surface area contributed by atoms with Crippen molar-refractivity contribution in [2.24, 2.45) is 5.73 Å². The molecule has 3 unspecified atom stereocenters. The average molecular weight is 533 g/mol. The highest BCUT2D eigenvalue weighted by molar-refractivity contribution is 6.35. The number of hydrogen-bond acceptors (Lipinski definition) is 8. The second kappa shape index (κ2) is 10.5. The Balaban J connectivity index is 1.40. The number of amides is 1. The maximum atomic E-state index is 12.1. The Morgan fingerprint density at radius 1 is 1.22 bits per heavy atom. The van der Waals surface area contributed by atoms with E-state index < -0.39 is 12.1 Å². The van der Waals surface area contributed by atoms with Crippen LogP contribution < -0.4 is 16.0 Å². The minimum Gasteiger partial charge on any atom is -0.377 e. The molecule has 0 bridgehead atoms. The molecule has 36 heavy (non-hydrogen) atoms. The zero-order valence-electron chi connectivity index (χ0n) is 20.1. The summed E-state index contributed by atoms with van der Waals surface area (Å²) < 4.78 is 1.63. The van der Waals surface area contributed by atoms with Crippen molar-refractivity contribution in [3.8, 4) is 0 Å². The number of carbonyl (C=O) groups excluding carboxylic acids is 1. The van der Waals surface area contributed by atoms with Gasteiger partial charge in [-0.3, -0.25) is 9.69 Å². The molecule has 4 heterocycles. The predicted octanol–water partition coefficient (Wildman–Crippen LogP) is 2.42. The summed E-state index contributed by atoms with van der Waals surface area (Å²) in [5, 5.41) is 19.8. The number of nitrogens with two attached hydrogens (primary N) is 1. The molecule has 0 radical (unpaired) electrons. The number of aromatic nitrogens is 4. The summed E-state index contributed by atoms with van der Waals surface area (Å²) >= 11 is 12.5. The molecular formula is C24H30Cl2N8O2. The first-order valence-electron chi connectivity index (χ1n) is 12.2. The first kappa shape index (κ1) is 25.2. The van der Waals surface area contributed by atoms with Gasteiger partial charge >= 0.3 is 0 Å². The molecule has 1 amide bonds. The van der Waals surface area contributed by atoms with Gasteiger partial charge in [0.1, 0.15) is 17.6 Å². The summed E-state index contributed by atoms with van der Waals surface area (Å²) in [6.07, 6.45) is 4.45. The number of rotatable bonds is 6. The molecule has 10 nitrogen and oxygen atoms in total. The van der Waals surface area contributed by atoms with Crippen molar-refractivity contribution < 1.29 is 9.90 Å². The van der Waals surface area contributed by atoms with Gasteiger partial charge in [-0.25, -0.2) is 14.6 Å². The van der Waals surface area contributed by atoms with Crippen LogP contribution >= 0.6 is 23.2 Å². The lowest BCUT2D eigenvalue weighted by Gasteiger charge is -2.41. The maximum Gasteiger partial charge on any atom is 0.271 e. The highest BCUT2D eigenvalue weighted by Gasteiger charge is 2.30. The number of nitrogens with zero attached hydrogens (tertiary/aromatic N) is 6. The highest BCUT2D eigenvalue weighted by atomic mass is 35.5. The molecule has 0 spiro atoms. The number of fused-ring (bicyclic) bond motifs is 1. The van der Waals surface area contributed by atoms with Gasteiger partial charge in [0.25, 0.3) is 5.91 Å². The number of benzene rings is 1. The van der Waals surface area contributed by atoms with Gasteiger partial charge in [0.15, 0.2) is 11.3 Å². The molecule has 192 valence electrons. The molecule has 3 atom stereocenters. The van der Waals surface area contributed by atoms with Gasteiger partial charge in [-0.15, -0.1) is 0 Å². The molecule has 12 heteroatoms. The Hall–Kier alpha value is -2.50. The maximum absolute atomic E-state index is 12.1. The molecule has 4 N–H and O–H groups in total. The van der Waals surface area contributed by atoms with Crippen LogP contribution in [0.3, 0.4) is 0 Å². The number of anilines is 1. The lowest BCUT2D eigenvalue weighted by atomic mass is 10.0. The Bertz CT molecular complexity index is 1250. The highest BCUT2D eigenvalue weighted by Crippen LogP contribution is 2.31. The minimum atomic E-state index is -0.672. The number of piperazine rings is 1. The number of aliphatic hydroxyl groups excluding tert-OH is 1. The number of nitrogens with one attached hydrogen (secondary N) is 1. The van der Waals surface area contributed by atoms with E-state index >= 15 is 0 Å². The first-order valence-corrected chi connectivity index (χ1v) is 13.0. The fraction of sp³-hybridized carbons (Fsp3) is 0.500. The van der Waals surface area contributed by atoms with Crippen molar-refractivity contribution >= 4 is 46.1 Å². The van der Waals surface area contributed by atoms with Crippen LogP contribution in [0.5, 0.6) is 0 Å². The topological polar surface area (TPSA) is 125 Å². The molecule has 1 aromatic carbocycles. The van der Waals surface area contributed by atoms with Crippen molar-refractivity contribution in [1.29, 1.82) is 0 Å². The van der Waals surface area contributed by atoms with Crippen molar-refractivity contribution in [3.05, 3.63) is 45.7 Å². The SMILES string of the molecule is CC(c1ccc(Cl)cc1Cl)n1nc(C(N)=O)c2ncc(N3CCN(C(O)C4CCCCN4)CC3)nc21. The molecule has 3 aromatic rings. The largest absolute Gasteiger partial charge is 0.377 e. The monoisotopic (exact) mass is 532 g/mol. The quantitative estimate of drug-likeness (QED) is 0.441. The molecule has 2 aliphatic heterocycles. The Labute approximate surface area is 219 Å². The van der Waals surface area contributed by atoms with Gasteiger partial charge in [-0.2, -0.15) is 5.10 Å². The average Bonchev–Trinajstić information content (AvgIpc) is 3.28. The van der Waals surface area contributed by atoms with E-state index in [9.17, 15) is 9.90 Å². The van der Waals surface area contributed by atoms with Crippen molar-refractivity contribution in [3.63, 3.8) is 0 Å². The molecular weight excluding hydrogens is 503 g/mol. The molecule has 2 aromatic heterocycles. The number of halogens is 2. The van der Waals surface area contributed by atoms with Crippen LogP contribution in [0.2, 0.25) is 10.0 Å². The Morgan fingerprint density at radius 3 is 2.67 bits per heavy atom. The fourth-order valence-corrected chi connectivity index (χ4v) is 5.63. The Kier molecular flexibility index (Phi) is 7.32. The standard InChI is InChI=1S/C24H30Cl2N8O2/c1-14(16-6-5-15(25)12-17(16)26)34-23-21(20(31-34)22(27)35)29-13-19(30-23)32-8-10-33(11-9-32)24(36)18-4-2-3-7-28-18/h5-6,12-14,18,24,28,36H,2-4,7-11H2,1H3,(H2,27,35). The van der Waals surface area contributed by atoms with Crippen LogP contribution in [0.4, 0.5) is 5.82 Å².